The van der Waals surface area contributed by atoms with Gasteiger partial charge in [-0.15, -0.1) is 0 Å². The number of rotatable bonds is 5. The number of carbonyl (C=O) groups is 3. The van der Waals surface area contributed by atoms with E-state index in [1.165, 1.54) is 6.33 Å². The summed E-state index contributed by atoms with van der Waals surface area (Å²) in [6.07, 6.45) is 3.93. The van der Waals surface area contributed by atoms with Crippen LogP contribution < -0.4 is 4.90 Å². The standard InChI is InChI=1S/C25H26N6O3/c1-17(18-8-10-19(11-9-18)30-16-26-15-27-30)28(3)23(33)14-29-24(34)20-6-4-5-7-21(20)31-22(32)12-13-25(29,31)2/h4-11,15-17H,12-14H2,1-3H3. The third-order valence-corrected chi connectivity index (χ3v) is 7.07. The van der Waals surface area contributed by atoms with Gasteiger partial charge in [-0.05, 0) is 50.1 Å². The predicted molar refractivity (Wildman–Crippen MR) is 125 cm³/mol. The molecule has 0 saturated carbocycles. The maximum absolute atomic E-state index is 13.4. The average molecular weight is 459 g/mol. The maximum Gasteiger partial charge on any atom is 0.258 e. The number of para-hydroxylation sites is 1. The molecular weight excluding hydrogens is 432 g/mol. The van der Waals surface area contributed by atoms with Gasteiger partial charge in [0.1, 0.15) is 24.9 Å². The van der Waals surface area contributed by atoms with Crippen LogP contribution in [0.5, 0.6) is 0 Å². The average Bonchev–Trinajstić information content (AvgIpc) is 3.49. The van der Waals surface area contributed by atoms with E-state index >= 15 is 0 Å². The van der Waals surface area contributed by atoms with Crippen molar-refractivity contribution in [3.05, 3.63) is 72.3 Å². The van der Waals surface area contributed by atoms with Crippen molar-refractivity contribution in [3.63, 3.8) is 0 Å². The molecule has 2 unspecified atom stereocenters. The molecule has 0 N–H and O–H groups in total. The SMILES string of the molecule is CC(c1ccc(-n2cncn2)cc1)N(C)C(=O)CN1C(=O)c2ccccc2N2C(=O)CCC12C. The summed E-state index contributed by atoms with van der Waals surface area (Å²) in [6.45, 7) is 3.71. The van der Waals surface area contributed by atoms with E-state index in [2.05, 4.69) is 10.1 Å². The fourth-order valence-electron chi connectivity index (χ4n) is 4.87. The van der Waals surface area contributed by atoms with Gasteiger partial charge in [0, 0.05) is 13.5 Å². The van der Waals surface area contributed by atoms with E-state index in [0.717, 1.165) is 11.3 Å². The van der Waals surface area contributed by atoms with Gasteiger partial charge in [0.2, 0.25) is 11.8 Å². The normalized spacial score (nSPS) is 20.2. The van der Waals surface area contributed by atoms with Gasteiger partial charge >= 0.3 is 0 Å². The molecule has 174 valence electrons. The highest BCUT2D eigenvalue weighted by molar-refractivity contribution is 6.11. The Morgan fingerprint density at radius 2 is 1.88 bits per heavy atom. The van der Waals surface area contributed by atoms with E-state index in [1.54, 1.807) is 51.0 Å². The molecule has 0 spiro atoms. The summed E-state index contributed by atoms with van der Waals surface area (Å²) in [5.74, 6) is -0.453. The van der Waals surface area contributed by atoms with E-state index in [9.17, 15) is 14.4 Å². The van der Waals surface area contributed by atoms with Crippen molar-refractivity contribution in [2.75, 3.05) is 18.5 Å². The van der Waals surface area contributed by atoms with Crippen LogP contribution in [0.2, 0.25) is 0 Å². The second-order valence-electron chi connectivity index (χ2n) is 8.97. The van der Waals surface area contributed by atoms with Crippen molar-refractivity contribution >= 4 is 23.4 Å². The molecular formula is C25H26N6O3. The van der Waals surface area contributed by atoms with Crippen molar-refractivity contribution in [1.82, 2.24) is 24.6 Å². The molecule has 34 heavy (non-hydrogen) atoms. The third-order valence-electron chi connectivity index (χ3n) is 7.07. The fourth-order valence-corrected chi connectivity index (χ4v) is 4.87. The lowest BCUT2D eigenvalue weighted by atomic mass is 9.98. The molecule has 0 radical (unpaired) electrons. The summed E-state index contributed by atoms with van der Waals surface area (Å²) in [6, 6.07) is 14.6. The van der Waals surface area contributed by atoms with E-state index in [0.29, 0.717) is 24.1 Å². The molecule has 9 nitrogen and oxygen atoms in total. The number of benzene rings is 2. The van der Waals surface area contributed by atoms with Crippen LogP contribution in [0.4, 0.5) is 5.69 Å². The van der Waals surface area contributed by atoms with E-state index in [1.807, 2.05) is 44.2 Å². The minimum absolute atomic E-state index is 0.0332. The summed E-state index contributed by atoms with van der Waals surface area (Å²) < 4.78 is 1.67. The maximum atomic E-state index is 13.4. The first-order valence-electron chi connectivity index (χ1n) is 11.3. The lowest BCUT2D eigenvalue weighted by molar-refractivity contribution is -0.134. The van der Waals surface area contributed by atoms with Crippen LogP contribution >= 0.6 is 0 Å². The second-order valence-corrected chi connectivity index (χ2v) is 8.97. The lowest BCUT2D eigenvalue weighted by Gasteiger charge is -2.48. The number of nitrogens with zero attached hydrogens (tertiary/aromatic N) is 6. The molecule has 1 aromatic heterocycles. The Morgan fingerprint density at radius 1 is 1.15 bits per heavy atom. The number of aromatic nitrogens is 3. The Balaban J connectivity index is 1.37. The van der Waals surface area contributed by atoms with E-state index in [4.69, 9.17) is 0 Å². The zero-order valence-corrected chi connectivity index (χ0v) is 19.4. The molecule has 2 aromatic carbocycles. The Hall–Kier alpha value is -4.01. The summed E-state index contributed by atoms with van der Waals surface area (Å²) in [5, 5.41) is 4.13. The first kappa shape index (κ1) is 21.8. The Bertz CT molecular complexity index is 1260. The predicted octanol–water partition coefficient (Wildman–Crippen LogP) is 2.79. The molecule has 0 bridgehead atoms. The minimum atomic E-state index is -0.859. The molecule has 5 rings (SSSR count). The molecule has 3 heterocycles. The Kier molecular flexibility index (Phi) is 5.19. The van der Waals surface area contributed by atoms with Gasteiger partial charge in [-0.25, -0.2) is 9.67 Å². The minimum Gasteiger partial charge on any atom is -0.337 e. The zero-order chi connectivity index (χ0) is 24.0. The largest absolute Gasteiger partial charge is 0.337 e. The highest BCUT2D eigenvalue weighted by Crippen LogP contribution is 2.44. The van der Waals surface area contributed by atoms with Gasteiger partial charge in [0.15, 0.2) is 0 Å². The van der Waals surface area contributed by atoms with Gasteiger partial charge < -0.3 is 9.80 Å². The molecule has 2 aliphatic heterocycles. The van der Waals surface area contributed by atoms with Crippen LogP contribution in [-0.4, -0.2) is 61.5 Å². The molecule has 2 atom stereocenters. The van der Waals surface area contributed by atoms with Crippen LogP contribution in [0.3, 0.4) is 0 Å². The van der Waals surface area contributed by atoms with Crippen molar-refractivity contribution in [2.45, 2.75) is 38.4 Å². The smallest absolute Gasteiger partial charge is 0.258 e. The van der Waals surface area contributed by atoms with Gasteiger partial charge in [-0.2, -0.15) is 5.10 Å². The number of likely N-dealkylation sites (N-methyl/N-ethyl adjacent to an activating group) is 1. The molecule has 1 fully saturated rings. The van der Waals surface area contributed by atoms with Crippen LogP contribution in [-0.2, 0) is 9.59 Å². The number of hydrogen-bond acceptors (Lipinski definition) is 5. The number of carbonyl (C=O) groups excluding carboxylic acids is 3. The summed E-state index contributed by atoms with van der Waals surface area (Å²) in [5.41, 5.74) is 2.04. The van der Waals surface area contributed by atoms with E-state index in [-0.39, 0.29) is 30.3 Å². The Morgan fingerprint density at radius 3 is 2.59 bits per heavy atom. The van der Waals surface area contributed by atoms with Crippen molar-refractivity contribution in [1.29, 1.82) is 0 Å². The molecule has 1 saturated heterocycles. The van der Waals surface area contributed by atoms with Gasteiger partial charge in [-0.1, -0.05) is 24.3 Å². The quantitative estimate of drug-likeness (QED) is 0.586. The third kappa shape index (κ3) is 3.35. The summed E-state index contributed by atoms with van der Waals surface area (Å²) >= 11 is 0. The first-order valence-corrected chi connectivity index (χ1v) is 11.3. The zero-order valence-electron chi connectivity index (χ0n) is 19.4. The van der Waals surface area contributed by atoms with Crippen LogP contribution in [0.1, 0.15) is 48.7 Å². The van der Waals surface area contributed by atoms with Crippen molar-refractivity contribution in [3.8, 4) is 5.69 Å². The number of fused-ring (bicyclic) bond motifs is 3. The van der Waals surface area contributed by atoms with Gasteiger partial charge in [0.05, 0.1) is 23.0 Å². The molecule has 9 heteroatoms. The van der Waals surface area contributed by atoms with Crippen molar-refractivity contribution < 1.29 is 14.4 Å². The van der Waals surface area contributed by atoms with Gasteiger partial charge in [0.25, 0.3) is 5.91 Å². The monoisotopic (exact) mass is 458 g/mol. The van der Waals surface area contributed by atoms with Crippen LogP contribution in [0.25, 0.3) is 5.69 Å². The molecule has 3 aromatic rings. The van der Waals surface area contributed by atoms with E-state index < -0.39 is 5.66 Å². The molecule has 0 aliphatic carbocycles. The second kappa shape index (κ2) is 8.09. The summed E-state index contributed by atoms with van der Waals surface area (Å²) in [7, 11) is 1.74. The molecule has 3 amide bonds. The topological polar surface area (TPSA) is 91.6 Å². The highest BCUT2D eigenvalue weighted by Gasteiger charge is 2.53. The fraction of sp³-hybridized carbons (Fsp3) is 0.320. The summed E-state index contributed by atoms with van der Waals surface area (Å²) in [4.78, 5) is 48.4. The number of amides is 3. The molecule has 2 aliphatic rings. The van der Waals surface area contributed by atoms with Crippen molar-refractivity contribution in [2.24, 2.45) is 0 Å². The first-order chi connectivity index (χ1) is 16.3. The number of anilines is 1. The van der Waals surface area contributed by atoms with Gasteiger partial charge in [-0.3, -0.25) is 19.3 Å². The highest BCUT2D eigenvalue weighted by atomic mass is 16.2. The lowest BCUT2D eigenvalue weighted by Crippen LogP contribution is -2.63. The number of hydrogen-bond donors (Lipinski definition) is 0. The Labute approximate surface area is 197 Å². The van der Waals surface area contributed by atoms with Crippen LogP contribution in [0, 0.1) is 0 Å². The van der Waals surface area contributed by atoms with Crippen LogP contribution in [0.15, 0.2) is 61.2 Å².